The van der Waals surface area contributed by atoms with Gasteiger partial charge in [-0.15, -0.1) is 0 Å². The Kier molecular flexibility index (Phi) is 31.9. The molecule has 2 fully saturated rings. The zero-order chi connectivity index (χ0) is 73.8. The van der Waals surface area contributed by atoms with E-state index in [9.17, 15) is 33.6 Å². The van der Waals surface area contributed by atoms with Crippen molar-refractivity contribution in [2.45, 2.75) is 156 Å². The first kappa shape index (κ1) is 80.2. The second-order valence-electron chi connectivity index (χ2n) is 24.6. The van der Waals surface area contributed by atoms with Gasteiger partial charge in [-0.3, -0.25) is 33.1 Å². The van der Waals surface area contributed by atoms with Gasteiger partial charge in [0.15, 0.2) is 0 Å². The van der Waals surface area contributed by atoms with Crippen LogP contribution in [0.25, 0.3) is 21.8 Å². The summed E-state index contributed by atoms with van der Waals surface area (Å²) in [4.78, 5) is 109. The lowest BCUT2D eigenvalue weighted by Gasteiger charge is -2.37. The van der Waals surface area contributed by atoms with Crippen molar-refractivity contribution in [1.82, 2.24) is 44.1 Å². The van der Waals surface area contributed by atoms with Gasteiger partial charge in [0.2, 0.25) is 13.1 Å². The van der Waals surface area contributed by atoms with Crippen molar-refractivity contribution >= 4 is 76.6 Å². The summed E-state index contributed by atoms with van der Waals surface area (Å²) in [7, 11) is -1.31. The largest absolute Gasteiger partial charge is 0.373 e. The second-order valence-corrected chi connectivity index (χ2v) is 27.4. The highest BCUT2D eigenvalue weighted by Crippen LogP contribution is 2.51. The molecule has 29 heteroatoms. The third-order valence-corrected chi connectivity index (χ3v) is 20.3. The SMILES string of the molecule is [C-]#[N+]CCOP(OC1CC(n2cc(C=CCNC(=O)c3ccc(C=O)cc3)c(NC(=O)c3ccccc3)nc2=O)OC1CC)N(C(C)C)C(C)C.[C-]#[N+]CCOP(OC1CC(n2cc(C=CCNC(=O)c3ccc(NC)nc3)c(NC(=O)c3ccccc3)nc2=O)OC1CC)N(C(C)C)C(C)C. The Labute approximate surface area is 598 Å². The summed E-state index contributed by atoms with van der Waals surface area (Å²) in [5.74, 6) is -0.741. The van der Waals surface area contributed by atoms with Crippen LogP contribution in [0.15, 0.2) is 137 Å². The molecule has 5 heterocycles. The second kappa shape index (κ2) is 40.5. The molecule has 4 amide bonds. The minimum absolute atomic E-state index is 0.0520. The number of nitrogens with one attached hydrogen (secondary N) is 5. The van der Waals surface area contributed by atoms with Crippen LogP contribution in [0.3, 0.4) is 0 Å². The fraction of sp³-hybridized carbons (Fsp3) is 0.425. The topological polar surface area (TPSA) is 299 Å². The van der Waals surface area contributed by atoms with Gasteiger partial charge < -0.3 is 63.8 Å². The van der Waals surface area contributed by atoms with Gasteiger partial charge >= 0.3 is 11.4 Å². The number of rotatable bonds is 34. The Bertz CT molecular complexity index is 3980. The monoisotopic (exact) mass is 1430 g/mol. The van der Waals surface area contributed by atoms with Crippen molar-refractivity contribution in [3.8, 4) is 0 Å². The van der Waals surface area contributed by atoms with E-state index in [1.165, 1.54) is 15.3 Å². The molecule has 0 spiro atoms. The molecule has 8 atom stereocenters. The predicted octanol–water partition coefficient (Wildman–Crippen LogP) is 11.9. The minimum Gasteiger partial charge on any atom is -0.373 e. The highest BCUT2D eigenvalue weighted by molar-refractivity contribution is 7.44. The molecule has 102 heavy (non-hydrogen) atoms. The van der Waals surface area contributed by atoms with Crippen LogP contribution in [0.5, 0.6) is 0 Å². The van der Waals surface area contributed by atoms with Crippen LogP contribution >= 0.6 is 17.1 Å². The lowest BCUT2D eigenvalue weighted by molar-refractivity contribution is -0.0200. The van der Waals surface area contributed by atoms with Crippen molar-refractivity contribution < 1.29 is 51.5 Å². The smallest absolute Gasteiger partial charge is 0.351 e. The third kappa shape index (κ3) is 23.0. The maximum absolute atomic E-state index is 13.5. The molecular formula is C73H92N14O13P2. The van der Waals surface area contributed by atoms with Crippen molar-refractivity contribution in [2.75, 3.05) is 62.4 Å². The van der Waals surface area contributed by atoms with Crippen molar-refractivity contribution in [3.05, 3.63) is 211 Å². The van der Waals surface area contributed by atoms with E-state index in [0.717, 1.165) is 0 Å². The van der Waals surface area contributed by atoms with Gasteiger partial charge in [0.25, 0.3) is 40.7 Å². The number of aldehydes is 1. The maximum Gasteiger partial charge on any atom is 0.351 e. The van der Waals surface area contributed by atoms with Gasteiger partial charge in [-0.05, 0) is 117 Å². The highest BCUT2D eigenvalue weighted by Gasteiger charge is 2.43. The Morgan fingerprint density at radius 1 is 0.598 bits per heavy atom. The lowest BCUT2D eigenvalue weighted by atomic mass is 10.1. The van der Waals surface area contributed by atoms with Crippen LogP contribution < -0.4 is 38.0 Å². The summed E-state index contributed by atoms with van der Waals surface area (Å²) in [5, 5.41) is 14.0. The van der Waals surface area contributed by atoms with Crippen LogP contribution in [0, 0.1) is 13.1 Å². The van der Waals surface area contributed by atoms with Gasteiger partial charge in [0, 0.05) is 109 Å². The first-order valence-corrected chi connectivity index (χ1v) is 36.2. The molecule has 0 bridgehead atoms. The summed E-state index contributed by atoms with van der Waals surface area (Å²) in [5.41, 5.74) is 1.68. The van der Waals surface area contributed by atoms with Crippen molar-refractivity contribution in [3.63, 3.8) is 0 Å². The molecule has 5 N–H and O–H groups in total. The first-order valence-electron chi connectivity index (χ1n) is 33.9. The van der Waals surface area contributed by atoms with Crippen LogP contribution in [-0.2, 0) is 27.6 Å². The molecule has 3 aromatic heterocycles. The van der Waals surface area contributed by atoms with Gasteiger partial charge in [0.1, 0.15) is 49.4 Å². The molecule has 0 radical (unpaired) electrons. The van der Waals surface area contributed by atoms with E-state index >= 15 is 0 Å². The number of pyridine rings is 1. The summed E-state index contributed by atoms with van der Waals surface area (Å²) < 4.78 is 45.4. The highest BCUT2D eigenvalue weighted by atomic mass is 31.2. The number of hydrogen-bond acceptors (Lipinski definition) is 19. The quantitative estimate of drug-likeness (QED) is 0.0108. The Balaban J connectivity index is 0.000000286. The Hall–Kier alpha value is -9.08. The van der Waals surface area contributed by atoms with Crippen LogP contribution in [0.4, 0.5) is 17.5 Å². The molecule has 2 aliphatic heterocycles. The van der Waals surface area contributed by atoms with Crippen molar-refractivity contribution in [2.24, 2.45) is 0 Å². The zero-order valence-corrected chi connectivity index (χ0v) is 61.2. The minimum atomic E-state index is -1.53. The number of carbonyl (C=O) groups is 5. The fourth-order valence-electron chi connectivity index (χ4n) is 11.1. The summed E-state index contributed by atoms with van der Waals surface area (Å²) in [6.45, 7) is 36.1. The predicted molar refractivity (Wildman–Crippen MR) is 394 cm³/mol. The first-order chi connectivity index (χ1) is 49.1. The van der Waals surface area contributed by atoms with Crippen LogP contribution in [0.1, 0.15) is 170 Å². The number of carbonyl (C=O) groups excluding carboxylic acids is 5. The molecule has 542 valence electrons. The average Bonchev–Trinajstić information content (AvgIpc) is 1.59. The number of benzene rings is 3. The lowest BCUT2D eigenvalue weighted by Crippen LogP contribution is -2.35. The zero-order valence-electron chi connectivity index (χ0n) is 59.4. The third-order valence-electron chi connectivity index (χ3n) is 16.0. The molecular weight excluding hydrogens is 1340 g/mol. The fourth-order valence-corrected chi connectivity index (χ4v) is 14.6. The van der Waals surface area contributed by atoms with Crippen LogP contribution in [-0.4, -0.2) is 158 Å². The van der Waals surface area contributed by atoms with E-state index in [1.54, 1.807) is 141 Å². The molecule has 3 aromatic carbocycles. The number of amides is 4. The summed E-state index contributed by atoms with van der Waals surface area (Å²) >= 11 is 0. The molecule has 6 aromatic rings. The number of nitrogens with zero attached hydrogens (tertiary/aromatic N) is 9. The number of hydrogen-bond donors (Lipinski definition) is 5. The van der Waals surface area contributed by atoms with E-state index in [0.29, 0.717) is 76.7 Å². The van der Waals surface area contributed by atoms with Gasteiger partial charge in [0.05, 0.1) is 30.0 Å². The molecule has 8 rings (SSSR count). The maximum atomic E-state index is 13.5. The Morgan fingerprint density at radius 2 is 1.00 bits per heavy atom. The molecule has 27 nitrogen and oxygen atoms in total. The number of ether oxygens (including phenoxy) is 2. The van der Waals surface area contributed by atoms with E-state index in [-0.39, 0.29) is 99.2 Å². The number of aromatic nitrogens is 5. The summed E-state index contributed by atoms with van der Waals surface area (Å²) in [6, 6.07) is 27.3. The molecule has 2 saturated heterocycles. The van der Waals surface area contributed by atoms with E-state index in [4.69, 9.17) is 40.7 Å². The van der Waals surface area contributed by atoms with Gasteiger partial charge in [-0.2, -0.15) is 9.97 Å². The van der Waals surface area contributed by atoms with Gasteiger partial charge in [-0.1, -0.05) is 86.7 Å². The molecule has 0 aliphatic carbocycles. The average molecular weight is 1440 g/mol. The number of anilines is 3. The Morgan fingerprint density at radius 3 is 1.36 bits per heavy atom. The van der Waals surface area contributed by atoms with Gasteiger partial charge in [-0.25, -0.2) is 37.1 Å². The molecule has 8 unspecified atom stereocenters. The van der Waals surface area contributed by atoms with Crippen molar-refractivity contribution in [1.29, 1.82) is 0 Å². The van der Waals surface area contributed by atoms with Crippen LogP contribution in [0.2, 0.25) is 0 Å². The summed E-state index contributed by atoms with van der Waals surface area (Å²) in [6.07, 6.45) is 11.1. The standard InChI is InChI=1S/C37H45N6O7P.C36H47N8O6P/c1-7-31-32(50-51(48-21-20-38-6)43(25(2)3)26(4)5)22-33(49-31)42-23-30(14-11-19-39-35(45)29-17-15-27(24-44)16-18-29)34(41-37(42)47)40-36(46)28-12-9-8-10-13-28;1-8-29-30(50-51(48-20-19-37-6)44(24(2)3)25(4)5)21-32(49-29)43-23-28(15-12-18-39-34(45)27-16-17-31(38-7)40-22-27)33(42-36(43)47)41-35(46)26-13-10-9-11-14-26/h8-18,23-26,31-33H,7,19-22H2,1-5H3,(H,39,45)(H,40,41,46,47);9-17,22-25,29-30,32H,8,18-21H2,1-5,7H3,(H,38,40)(H,39,45)(H,41,42,46,47). The normalized spacial score (nSPS) is 17.9. The molecule has 0 saturated carbocycles. The van der Waals surface area contributed by atoms with E-state index in [1.807, 2.05) is 13.8 Å². The van der Waals surface area contributed by atoms with E-state index in [2.05, 4.69) is 116 Å². The van der Waals surface area contributed by atoms with E-state index < -0.39 is 64.9 Å². The molecule has 2 aliphatic rings.